The Labute approximate surface area is 259 Å². The van der Waals surface area contributed by atoms with Gasteiger partial charge in [-0.05, 0) is 23.6 Å². The molecular weight excluding hydrogens is 597 g/mol. The average molecular weight is 632 g/mol. The predicted molar refractivity (Wildman–Crippen MR) is 166 cm³/mol. The van der Waals surface area contributed by atoms with E-state index in [0.29, 0.717) is 11.3 Å². The van der Waals surface area contributed by atoms with Crippen LogP contribution >= 0.6 is 7.60 Å². The number of hydrogen-bond donors (Lipinski definition) is 2. The van der Waals surface area contributed by atoms with Crippen molar-refractivity contribution in [3.05, 3.63) is 152 Å². The Morgan fingerprint density at radius 2 is 1.36 bits per heavy atom. The van der Waals surface area contributed by atoms with Crippen molar-refractivity contribution in [2.75, 3.05) is 0 Å². The molecule has 5 rings (SSSR count). The summed E-state index contributed by atoms with van der Waals surface area (Å²) in [5, 5.41) is 20.0. The van der Waals surface area contributed by atoms with Gasteiger partial charge in [0.05, 0.1) is 39.1 Å². The molecule has 2 atom stereocenters. The van der Waals surface area contributed by atoms with Gasteiger partial charge in [-0.3, -0.25) is 18.9 Å². The number of benzene rings is 3. The number of aliphatic hydroxyl groups excluding tert-OH is 1. The molecule has 12 nitrogen and oxygen atoms in total. The van der Waals surface area contributed by atoms with E-state index in [9.17, 15) is 19.3 Å². The Bertz CT molecular complexity index is 1780. The number of H-pyrrole nitrogens is 1. The van der Waals surface area contributed by atoms with Crippen molar-refractivity contribution in [1.82, 2.24) is 24.5 Å². The number of ether oxygens (including phenoxy) is 1. The quantitative estimate of drug-likeness (QED) is 0.163. The fourth-order valence-corrected chi connectivity index (χ4v) is 6.10. The first kappa shape index (κ1) is 32.0. The monoisotopic (exact) mass is 631 g/mol. The van der Waals surface area contributed by atoms with Gasteiger partial charge in [0.25, 0.3) is 5.56 Å². The van der Waals surface area contributed by atoms with E-state index in [4.69, 9.17) is 13.8 Å². The maximum absolute atomic E-state index is 14.4. The number of aliphatic hydroxyl groups is 1. The first-order chi connectivity index (χ1) is 21.8. The summed E-state index contributed by atoms with van der Waals surface area (Å²) in [6, 6.07) is 27.7. The van der Waals surface area contributed by atoms with Gasteiger partial charge in [0.15, 0.2) is 5.85 Å². The number of rotatable bonds is 15. The molecule has 45 heavy (non-hydrogen) atoms. The number of aryl methyl sites for hydroxylation is 1. The minimum Gasteiger partial charge on any atom is -0.378 e. The summed E-state index contributed by atoms with van der Waals surface area (Å²) in [6.07, 6.45) is 1.93. The van der Waals surface area contributed by atoms with Crippen LogP contribution in [-0.4, -0.2) is 41.6 Å². The van der Waals surface area contributed by atoms with Crippen LogP contribution in [0.4, 0.5) is 0 Å². The normalized spacial score (nSPS) is 13.0. The van der Waals surface area contributed by atoms with E-state index in [-0.39, 0.29) is 32.9 Å². The molecular formula is C32H34N5O7P. The van der Waals surface area contributed by atoms with E-state index in [1.165, 1.54) is 15.4 Å². The molecule has 0 spiro atoms. The lowest BCUT2D eigenvalue weighted by atomic mass is 10.2. The third kappa shape index (κ3) is 8.81. The van der Waals surface area contributed by atoms with Crippen LogP contribution in [0.25, 0.3) is 0 Å². The van der Waals surface area contributed by atoms with Gasteiger partial charge in [0, 0.05) is 11.8 Å². The van der Waals surface area contributed by atoms with Crippen molar-refractivity contribution in [3.8, 4) is 0 Å². The van der Waals surface area contributed by atoms with Gasteiger partial charge in [0.1, 0.15) is 11.8 Å². The smallest absolute Gasteiger partial charge is 0.362 e. The van der Waals surface area contributed by atoms with Crippen molar-refractivity contribution in [2.24, 2.45) is 0 Å². The maximum Gasteiger partial charge on any atom is 0.362 e. The molecule has 0 aliphatic carbocycles. The van der Waals surface area contributed by atoms with Crippen molar-refractivity contribution < 1.29 is 23.5 Å². The maximum atomic E-state index is 14.4. The lowest BCUT2D eigenvalue weighted by Gasteiger charge is -2.29. The SMILES string of the molecule is Cc1cn(Cc2cn(C[C@H](OCc3ccccc3)[C@@H](O)P(=O)(OCc3ccccc3)OCc3ccccc3)nn2)c(=O)[nH]c1=O. The van der Waals surface area contributed by atoms with Crippen LogP contribution in [0.2, 0.25) is 0 Å². The topological polar surface area (TPSA) is 151 Å². The molecule has 0 radical (unpaired) electrons. The molecule has 0 saturated heterocycles. The highest BCUT2D eigenvalue weighted by atomic mass is 31.2. The second kappa shape index (κ2) is 15.0. The van der Waals surface area contributed by atoms with E-state index in [1.807, 2.05) is 91.0 Å². The number of nitrogens with zero attached hydrogens (tertiary/aromatic N) is 4. The number of aromatic amines is 1. The Morgan fingerprint density at radius 1 is 0.822 bits per heavy atom. The van der Waals surface area contributed by atoms with E-state index in [2.05, 4.69) is 15.3 Å². The van der Waals surface area contributed by atoms with Gasteiger partial charge in [-0.25, -0.2) is 9.48 Å². The zero-order chi connectivity index (χ0) is 31.6. The van der Waals surface area contributed by atoms with Gasteiger partial charge in [-0.2, -0.15) is 0 Å². The Hall–Kier alpha value is -4.45. The van der Waals surface area contributed by atoms with Crippen molar-refractivity contribution in [2.45, 2.75) is 51.8 Å². The van der Waals surface area contributed by atoms with Crippen LogP contribution in [0.5, 0.6) is 0 Å². The van der Waals surface area contributed by atoms with E-state index in [1.54, 1.807) is 13.1 Å². The largest absolute Gasteiger partial charge is 0.378 e. The summed E-state index contributed by atoms with van der Waals surface area (Å²) in [7, 11) is -4.23. The fraction of sp³-hybridized carbons (Fsp3) is 0.250. The average Bonchev–Trinajstić information content (AvgIpc) is 3.51. The van der Waals surface area contributed by atoms with Gasteiger partial charge < -0.3 is 18.9 Å². The van der Waals surface area contributed by atoms with Crippen LogP contribution in [0.1, 0.15) is 27.9 Å². The molecule has 234 valence electrons. The van der Waals surface area contributed by atoms with Gasteiger partial charge in [-0.1, -0.05) is 96.2 Å². The zero-order valence-electron chi connectivity index (χ0n) is 24.6. The highest BCUT2D eigenvalue weighted by Crippen LogP contribution is 2.55. The summed E-state index contributed by atoms with van der Waals surface area (Å²) in [6.45, 7) is 1.57. The molecule has 0 amide bonds. The van der Waals surface area contributed by atoms with Crippen LogP contribution in [-0.2, 0) is 51.3 Å². The minimum absolute atomic E-state index is 0.0490. The summed E-state index contributed by atoms with van der Waals surface area (Å²) in [5.74, 6) is -1.70. The van der Waals surface area contributed by atoms with Gasteiger partial charge in [0.2, 0.25) is 0 Å². The molecule has 0 bridgehead atoms. The first-order valence-electron chi connectivity index (χ1n) is 14.3. The Balaban J connectivity index is 1.39. The third-order valence-corrected chi connectivity index (χ3v) is 8.90. The lowest BCUT2D eigenvalue weighted by molar-refractivity contribution is -0.0384. The second-order valence-corrected chi connectivity index (χ2v) is 12.6. The molecule has 0 saturated carbocycles. The van der Waals surface area contributed by atoms with Crippen molar-refractivity contribution in [3.63, 3.8) is 0 Å². The third-order valence-electron chi connectivity index (χ3n) is 6.95. The summed E-state index contributed by atoms with van der Waals surface area (Å²) < 4.78 is 35.0. The van der Waals surface area contributed by atoms with Gasteiger partial charge >= 0.3 is 13.3 Å². The van der Waals surface area contributed by atoms with E-state index < -0.39 is 30.8 Å². The highest BCUT2D eigenvalue weighted by molar-refractivity contribution is 7.54. The van der Waals surface area contributed by atoms with Crippen LogP contribution < -0.4 is 11.2 Å². The number of aromatic nitrogens is 5. The van der Waals surface area contributed by atoms with Crippen LogP contribution in [0.15, 0.2) is 113 Å². The minimum atomic E-state index is -4.23. The molecule has 2 aromatic heterocycles. The molecule has 5 aromatic rings. The molecule has 3 aromatic carbocycles. The van der Waals surface area contributed by atoms with E-state index in [0.717, 1.165) is 16.7 Å². The zero-order valence-corrected chi connectivity index (χ0v) is 25.5. The number of nitrogens with one attached hydrogen (secondary N) is 1. The van der Waals surface area contributed by atoms with Crippen LogP contribution in [0, 0.1) is 6.92 Å². The molecule has 2 N–H and O–H groups in total. The summed E-state index contributed by atoms with van der Waals surface area (Å²) in [5.41, 5.74) is 2.11. The van der Waals surface area contributed by atoms with Crippen molar-refractivity contribution in [1.29, 1.82) is 0 Å². The summed E-state index contributed by atoms with van der Waals surface area (Å²) in [4.78, 5) is 26.3. The first-order valence-corrected chi connectivity index (χ1v) is 15.9. The molecule has 13 heteroatoms. The van der Waals surface area contributed by atoms with Crippen LogP contribution in [0.3, 0.4) is 0 Å². The lowest BCUT2D eigenvalue weighted by Crippen LogP contribution is -2.34. The predicted octanol–water partition coefficient (Wildman–Crippen LogP) is 4.02. The van der Waals surface area contributed by atoms with Gasteiger partial charge in [-0.15, -0.1) is 5.10 Å². The highest BCUT2D eigenvalue weighted by Gasteiger charge is 2.42. The molecule has 0 fully saturated rings. The molecule has 0 unspecified atom stereocenters. The molecule has 2 heterocycles. The molecule has 0 aliphatic heterocycles. The Morgan fingerprint density at radius 3 is 1.91 bits per heavy atom. The Kier molecular flexibility index (Phi) is 10.7. The molecule has 0 aliphatic rings. The second-order valence-electron chi connectivity index (χ2n) is 10.4. The van der Waals surface area contributed by atoms with Crippen molar-refractivity contribution >= 4 is 7.60 Å². The fourth-order valence-electron chi connectivity index (χ4n) is 4.48. The summed E-state index contributed by atoms with van der Waals surface area (Å²) >= 11 is 0. The standard InChI is InChI=1S/C32H34N5O7P/c1-24-17-36(32(40)33-30(24)38)18-28-19-37(35-34-28)20-29(42-21-25-11-5-2-6-12-25)31(39)45(41,43-22-26-13-7-3-8-14-26)44-23-27-15-9-4-10-16-27/h2-17,19,29,31,39H,18,20-23H2,1H3,(H,33,38,40)/t29-,31-/m0/s1. The number of hydrogen-bond acceptors (Lipinski definition) is 9. The van der Waals surface area contributed by atoms with E-state index >= 15 is 0 Å².